The van der Waals surface area contributed by atoms with Crippen LogP contribution in [0, 0.1) is 11.3 Å². The van der Waals surface area contributed by atoms with Crippen molar-refractivity contribution in [2.45, 2.75) is 25.8 Å². The standard InChI is InChI=1S/C22H23N5O3/c1-16(18-6-8-19(9-7-18)27-15-24-14-25-27)26-22(28)4-3-11-30-20-10-5-17(13-23)12-21(20)29-2/h5-10,12,14-16H,3-4,11H2,1-2H3,(H,26,28). The maximum absolute atomic E-state index is 12.2. The van der Waals surface area contributed by atoms with Gasteiger partial charge in [-0.1, -0.05) is 12.1 Å². The van der Waals surface area contributed by atoms with Crippen molar-refractivity contribution in [1.82, 2.24) is 20.1 Å². The van der Waals surface area contributed by atoms with Crippen molar-refractivity contribution in [2.24, 2.45) is 0 Å². The van der Waals surface area contributed by atoms with Crippen LogP contribution in [0.4, 0.5) is 0 Å². The highest BCUT2D eigenvalue weighted by Crippen LogP contribution is 2.28. The number of rotatable bonds is 9. The van der Waals surface area contributed by atoms with E-state index < -0.39 is 0 Å². The van der Waals surface area contributed by atoms with Crippen LogP contribution in [0.15, 0.2) is 55.1 Å². The summed E-state index contributed by atoms with van der Waals surface area (Å²) in [5.41, 5.74) is 2.41. The third kappa shape index (κ3) is 5.35. The molecule has 1 N–H and O–H groups in total. The summed E-state index contributed by atoms with van der Waals surface area (Å²) in [4.78, 5) is 16.2. The van der Waals surface area contributed by atoms with Gasteiger partial charge >= 0.3 is 0 Å². The number of benzene rings is 2. The summed E-state index contributed by atoms with van der Waals surface area (Å²) in [5.74, 6) is 1.01. The Bertz CT molecular complexity index is 1010. The smallest absolute Gasteiger partial charge is 0.220 e. The van der Waals surface area contributed by atoms with E-state index in [-0.39, 0.29) is 11.9 Å². The molecule has 0 aliphatic carbocycles. The average molecular weight is 405 g/mol. The molecule has 3 aromatic rings. The number of aromatic nitrogens is 3. The van der Waals surface area contributed by atoms with Gasteiger partial charge in [0, 0.05) is 12.5 Å². The second-order valence-electron chi connectivity index (χ2n) is 6.65. The minimum absolute atomic E-state index is 0.0433. The molecule has 2 aromatic carbocycles. The lowest BCUT2D eigenvalue weighted by molar-refractivity contribution is -0.121. The number of amides is 1. The summed E-state index contributed by atoms with van der Waals surface area (Å²) in [6.07, 6.45) is 4.03. The molecule has 0 radical (unpaired) electrons. The Labute approximate surface area is 175 Å². The van der Waals surface area contributed by atoms with E-state index in [0.29, 0.717) is 36.5 Å². The van der Waals surface area contributed by atoms with Crippen LogP contribution in [0.2, 0.25) is 0 Å². The van der Waals surface area contributed by atoms with Gasteiger partial charge in [0.2, 0.25) is 5.91 Å². The molecule has 8 heteroatoms. The fraction of sp³-hybridized carbons (Fsp3) is 0.273. The first-order chi connectivity index (χ1) is 14.6. The van der Waals surface area contributed by atoms with Crippen LogP contribution >= 0.6 is 0 Å². The lowest BCUT2D eigenvalue weighted by Crippen LogP contribution is -2.26. The molecule has 1 amide bonds. The number of nitriles is 1. The maximum atomic E-state index is 12.2. The minimum atomic E-state index is -0.109. The second-order valence-corrected chi connectivity index (χ2v) is 6.65. The van der Waals surface area contributed by atoms with Crippen LogP contribution in [0.3, 0.4) is 0 Å². The summed E-state index contributed by atoms with van der Waals surface area (Å²) in [6.45, 7) is 2.32. The lowest BCUT2D eigenvalue weighted by atomic mass is 10.1. The topological polar surface area (TPSA) is 102 Å². The molecule has 0 fully saturated rings. The van der Waals surface area contributed by atoms with Crippen LogP contribution in [0.1, 0.15) is 36.9 Å². The monoisotopic (exact) mass is 405 g/mol. The first kappa shape index (κ1) is 20.9. The predicted octanol–water partition coefficient (Wildman–Crippen LogP) is 3.18. The quantitative estimate of drug-likeness (QED) is 0.549. The maximum Gasteiger partial charge on any atom is 0.220 e. The van der Waals surface area contributed by atoms with Crippen molar-refractivity contribution >= 4 is 5.91 Å². The molecule has 0 aliphatic heterocycles. The van der Waals surface area contributed by atoms with Gasteiger partial charge in [-0.05, 0) is 43.2 Å². The molecule has 0 spiro atoms. The number of ether oxygens (including phenoxy) is 2. The highest BCUT2D eigenvalue weighted by Gasteiger charge is 2.11. The fourth-order valence-corrected chi connectivity index (χ4v) is 2.93. The molecule has 0 aliphatic rings. The van der Waals surface area contributed by atoms with E-state index in [1.165, 1.54) is 13.4 Å². The molecule has 0 saturated heterocycles. The Kier molecular flexibility index (Phi) is 7.00. The SMILES string of the molecule is COc1cc(C#N)ccc1OCCCC(=O)NC(C)c1ccc(-n2cncn2)cc1. The molecular formula is C22H23N5O3. The highest BCUT2D eigenvalue weighted by atomic mass is 16.5. The Morgan fingerprint density at radius 1 is 1.23 bits per heavy atom. The molecule has 0 saturated carbocycles. The zero-order valence-electron chi connectivity index (χ0n) is 16.9. The van der Waals surface area contributed by atoms with Gasteiger partial charge in [0.1, 0.15) is 12.7 Å². The number of nitrogens with one attached hydrogen (secondary N) is 1. The normalized spacial score (nSPS) is 11.4. The van der Waals surface area contributed by atoms with Crippen molar-refractivity contribution < 1.29 is 14.3 Å². The minimum Gasteiger partial charge on any atom is -0.493 e. The predicted molar refractivity (Wildman–Crippen MR) is 110 cm³/mol. The fourth-order valence-electron chi connectivity index (χ4n) is 2.93. The van der Waals surface area contributed by atoms with Crippen molar-refractivity contribution in [1.29, 1.82) is 5.26 Å². The largest absolute Gasteiger partial charge is 0.493 e. The Morgan fingerprint density at radius 3 is 2.70 bits per heavy atom. The molecule has 1 aromatic heterocycles. The van der Waals surface area contributed by atoms with Gasteiger partial charge < -0.3 is 14.8 Å². The Hall–Kier alpha value is -3.86. The van der Waals surface area contributed by atoms with Gasteiger partial charge in [-0.2, -0.15) is 10.4 Å². The molecule has 154 valence electrons. The number of carbonyl (C=O) groups is 1. The Morgan fingerprint density at radius 2 is 2.03 bits per heavy atom. The number of methoxy groups -OCH3 is 1. The molecular weight excluding hydrogens is 382 g/mol. The summed E-state index contributed by atoms with van der Waals surface area (Å²) >= 11 is 0. The second kappa shape index (κ2) is 10.1. The molecule has 0 bridgehead atoms. The van der Waals surface area contributed by atoms with Crippen LogP contribution in [-0.2, 0) is 4.79 Å². The Balaban J connectivity index is 1.44. The third-order valence-electron chi connectivity index (χ3n) is 4.55. The third-order valence-corrected chi connectivity index (χ3v) is 4.55. The van der Waals surface area contributed by atoms with Crippen molar-refractivity contribution in [3.8, 4) is 23.3 Å². The highest BCUT2D eigenvalue weighted by molar-refractivity contribution is 5.76. The summed E-state index contributed by atoms with van der Waals surface area (Å²) in [6, 6.07) is 14.7. The van der Waals surface area contributed by atoms with Crippen LogP contribution in [-0.4, -0.2) is 34.4 Å². The zero-order chi connectivity index (χ0) is 21.3. The molecule has 30 heavy (non-hydrogen) atoms. The molecule has 1 atom stereocenters. The van der Waals surface area contributed by atoms with E-state index in [0.717, 1.165) is 11.3 Å². The number of carbonyl (C=O) groups excluding carboxylic acids is 1. The zero-order valence-corrected chi connectivity index (χ0v) is 16.9. The lowest BCUT2D eigenvalue weighted by Gasteiger charge is -2.15. The van der Waals surface area contributed by atoms with Gasteiger partial charge in [-0.15, -0.1) is 0 Å². The van der Waals surface area contributed by atoms with Crippen molar-refractivity contribution in [3.05, 3.63) is 66.2 Å². The van der Waals surface area contributed by atoms with E-state index in [2.05, 4.69) is 21.5 Å². The summed E-state index contributed by atoms with van der Waals surface area (Å²) in [7, 11) is 1.52. The van der Waals surface area contributed by atoms with Crippen molar-refractivity contribution in [2.75, 3.05) is 13.7 Å². The van der Waals surface area contributed by atoms with E-state index in [4.69, 9.17) is 14.7 Å². The molecule has 8 nitrogen and oxygen atoms in total. The van der Waals surface area contributed by atoms with Gasteiger partial charge in [0.05, 0.1) is 37.1 Å². The van der Waals surface area contributed by atoms with Gasteiger partial charge in [0.25, 0.3) is 0 Å². The van der Waals surface area contributed by atoms with E-state index in [9.17, 15) is 4.79 Å². The summed E-state index contributed by atoms with van der Waals surface area (Å²) < 4.78 is 12.6. The van der Waals surface area contributed by atoms with E-state index >= 15 is 0 Å². The number of hydrogen-bond donors (Lipinski definition) is 1. The number of hydrogen-bond acceptors (Lipinski definition) is 6. The first-order valence-corrected chi connectivity index (χ1v) is 9.56. The van der Waals surface area contributed by atoms with E-state index in [1.807, 2.05) is 31.2 Å². The van der Waals surface area contributed by atoms with Crippen molar-refractivity contribution in [3.63, 3.8) is 0 Å². The molecule has 1 heterocycles. The average Bonchev–Trinajstić information content (AvgIpc) is 3.31. The van der Waals surface area contributed by atoms with E-state index in [1.54, 1.807) is 29.2 Å². The number of nitrogens with zero attached hydrogens (tertiary/aromatic N) is 4. The van der Waals surface area contributed by atoms with Gasteiger partial charge in [-0.3, -0.25) is 4.79 Å². The van der Waals surface area contributed by atoms with Crippen LogP contribution < -0.4 is 14.8 Å². The van der Waals surface area contributed by atoms with Gasteiger partial charge in [-0.25, -0.2) is 9.67 Å². The van der Waals surface area contributed by atoms with Crippen LogP contribution in [0.5, 0.6) is 11.5 Å². The molecule has 1 unspecified atom stereocenters. The molecule has 3 rings (SSSR count). The van der Waals surface area contributed by atoms with Crippen LogP contribution in [0.25, 0.3) is 5.69 Å². The summed E-state index contributed by atoms with van der Waals surface area (Å²) in [5, 5.41) is 16.0. The first-order valence-electron chi connectivity index (χ1n) is 9.56. The van der Waals surface area contributed by atoms with Gasteiger partial charge in [0.15, 0.2) is 11.5 Å².